The molecule has 0 bridgehead atoms. The summed E-state index contributed by atoms with van der Waals surface area (Å²) in [6.45, 7) is 7.26. The van der Waals surface area contributed by atoms with Gasteiger partial charge in [0.1, 0.15) is 0 Å². The number of carbonyl (C=O) groups excluding carboxylic acids is 4. The molecular weight excluding hydrogens is 540 g/mol. The Morgan fingerprint density at radius 1 is 1.02 bits per heavy atom. The number of carbonyl (C=O) groups is 4. The molecule has 4 rings (SSSR count). The van der Waals surface area contributed by atoms with Crippen molar-refractivity contribution in [1.29, 1.82) is 0 Å². The summed E-state index contributed by atoms with van der Waals surface area (Å²) in [7, 11) is 0. The zero-order chi connectivity index (χ0) is 29.3. The first-order chi connectivity index (χ1) is 18.9. The normalized spacial score (nSPS) is 37.9. The van der Waals surface area contributed by atoms with Crippen LogP contribution in [0.25, 0.3) is 0 Å². The molecule has 0 aromatic carbocycles. The average molecular weight is 581 g/mol. The third-order valence-corrected chi connectivity index (χ3v) is 10.9. The van der Waals surface area contributed by atoms with Gasteiger partial charge in [0.25, 0.3) is 0 Å². The third-order valence-electron chi connectivity index (χ3n) is 9.93. The molecule has 3 saturated carbocycles. The largest absolute Gasteiger partial charge is 0.509 e. The van der Waals surface area contributed by atoms with Gasteiger partial charge in [-0.25, -0.2) is 9.59 Å². The lowest BCUT2D eigenvalue weighted by Gasteiger charge is -2.63. The molecule has 7 atom stereocenters. The highest BCUT2D eigenvalue weighted by Crippen LogP contribution is 2.71. The molecule has 0 amide bonds. The van der Waals surface area contributed by atoms with Gasteiger partial charge in [0.2, 0.25) is 5.78 Å². The second kappa shape index (κ2) is 11.5. The van der Waals surface area contributed by atoms with E-state index >= 15 is 0 Å². The Morgan fingerprint density at radius 3 is 2.45 bits per heavy atom. The van der Waals surface area contributed by atoms with Gasteiger partial charge in [-0.3, -0.25) is 9.59 Å². The van der Waals surface area contributed by atoms with Crippen molar-refractivity contribution in [3.8, 4) is 0 Å². The number of aliphatic hydroxyl groups excluding tert-OH is 1. The lowest BCUT2D eigenvalue weighted by atomic mass is 9.45. The van der Waals surface area contributed by atoms with Gasteiger partial charge < -0.3 is 24.1 Å². The van der Waals surface area contributed by atoms with Gasteiger partial charge in [0.05, 0.1) is 24.2 Å². The van der Waals surface area contributed by atoms with E-state index < -0.39 is 52.1 Å². The lowest BCUT2D eigenvalue weighted by molar-refractivity contribution is -0.179. The minimum atomic E-state index is -1.69. The number of ether oxygens (including phenoxy) is 4. The Morgan fingerprint density at radius 2 is 1.75 bits per heavy atom. The highest BCUT2D eigenvalue weighted by Gasteiger charge is 2.74. The number of Topliss-reactive ketones (excluding diaryl/α,β-unsaturated/α-hetero) is 1. The van der Waals surface area contributed by atoms with Gasteiger partial charge in [-0.05, 0) is 68.9 Å². The van der Waals surface area contributed by atoms with Gasteiger partial charge in [0.15, 0.2) is 18.0 Å². The van der Waals surface area contributed by atoms with Crippen molar-refractivity contribution in [2.45, 2.75) is 95.6 Å². The summed E-state index contributed by atoms with van der Waals surface area (Å²) in [4.78, 5) is 49.9. The fraction of sp³-hybridized carbons (Fsp3) is 0.733. The van der Waals surface area contributed by atoms with E-state index in [1.807, 2.05) is 27.7 Å². The molecule has 0 heterocycles. The van der Waals surface area contributed by atoms with Crippen LogP contribution < -0.4 is 0 Å². The molecule has 222 valence electrons. The number of hydrogen-bond acceptors (Lipinski definition) is 9. The number of ketones is 2. The van der Waals surface area contributed by atoms with Crippen LogP contribution in [0.2, 0.25) is 0 Å². The summed E-state index contributed by atoms with van der Waals surface area (Å²) in [5.41, 5.74) is -2.57. The predicted octanol–water partition coefficient (Wildman–Crippen LogP) is 5.45. The molecule has 3 fully saturated rings. The minimum Gasteiger partial charge on any atom is -0.434 e. The third kappa shape index (κ3) is 4.77. The fourth-order valence-corrected chi connectivity index (χ4v) is 8.34. The Labute approximate surface area is 240 Å². The van der Waals surface area contributed by atoms with Crippen molar-refractivity contribution in [2.75, 3.05) is 19.8 Å². The van der Waals surface area contributed by atoms with Crippen molar-refractivity contribution in [2.24, 2.45) is 22.7 Å². The van der Waals surface area contributed by atoms with Crippen LogP contribution in [0.4, 0.5) is 9.59 Å². The summed E-state index contributed by atoms with van der Waals surface area (Å²) < 4.78 is 21.3. The summed E-state index contributed by atoms with van der Waals surface area (Å²) in [6, 6.07) is 0. The van der Waals surface area contributed by atoms with Crippen LogP contribution in [-0.4, -0.2) is 65.4 Å². The standard InChI is InChI=1S/C30H41ClO9/c1-5-7-15-38-25(35)39-18-24(34)29(40-26(36)37-14-6-2)13-11-21-22-9-8-19-16-20(32)10-12-27(19,3)30(22,31)23(33)17-28(21,29)4/h10,12,16,21-23,33H,5-9,11,13-15,17-18H2,1-4H3/t21-,22-,23?,27-,28-,29-,30-/m0/s1. The van der Waals surface area contributed by atoms with E-state index in [0.717, 1.165) is 12.0 Å². The maximum atomic E-state index is 13.9. The zero-order valence-corrected chi connectivity index (χ0v) is 24.6. The van der Waals surface area contributed by atoms with Gasteiger partial charge in [-0.2, -0.15) is 0 Å². The summed E-state index contributed by atoms with van der Waals surface area (Å²) in [5.74, 6) is -1.12. The van der Waals surface area contributed by atoms with Crippen LogP contribution >= 0.6 is 11.6 Å². The first-order valence-corrected chi connectivity index (χ1v) is 14.8. The van der Waals surface area contributed by atoms with Crippen molar-refractivity contribution < 1.29 is 43.2 Å². The number of allylic oxidation sites excluding steroid dienone is 4. The van der Waals surface area contributed by atoms with E-state index in [4.69, 9.17) is 30.5 Å². The predicted molar refractivity (Wildman–Crippen MR) is 146 cm³/mol. The van der Waals surface area contributed by atoms with E-state index in [2.05, 4.69) is 0 Å². The van der Waals surface area contributed by atoms with Crippen LogP contribution in [0.1, 0.15) is 79.1 Å². The fourth-order valence-electron chi connectivity index (χ4n) is 7.82. The van der Waals surface area contributed by atoms with E-state index in [1.54, 1.807) is 12.2 Å². The molecule has 1 unspecified atom stereocenters. The number of alkyl halides is 1. The molecule has 0 aliphatic heterocycles. The van der Waals surface area contributed by atoms with Crippen LogP contribution in [0.15, 0.2) is 23.8 Å². The molecule has 4 aliphatic rings. The number of fused-ring (bicyclic) bond motifs is 5. The molecule has 0 saturated heterocycles. The molecule has 1 N–H and O–H groups in total. The molecule has 10 heteroatoms. The van der Waals surface area contributed by atoms with Crippen molar-refractivity contribution in [3.05, 3.63) is 23.8 Å². The maximum Gasteiger partial charge on any atom is 0.509 e. The first-order valence-electron chi connectivity index (χ1n) is 14.4. The highest BCUT2D eigenvalue weighted by atomic mass is 35.5. The Hall–Kier alpha value is -2.39. The zero-order valence-electron chi connectivity index (χ0n) is 23.8. The summed E-state index contributed by atoms with van der Waals surface area (Å²) >= 11 is 7.47. The van der Waals surface area contributed by atoms with E-state index in [1.165, 1.54) is 6.08 Å². The van der Waals surface area contributed by atoms with Crippen molar-refractivity contribution in [1.82, 2.24) is 0 Å². The smallest absolute Gasteiger partial charge is 0.434 e. The van der Waals surface area contributed by atoms with E-state index in [-0.39, 0.29) is 43.7 Å². The number of unbranched alkanes of at least 4 members (excludes halogenated alkanes) is 1. The maximum absolute atomic E-state index is 13.9. The van der Waals surface area contributed by atoms with Gasteiger partial charge >= 0.3 is 12.3 Å². The molecule has 0 spiro atoms. The van der Waals surface area contributed by atoms with Gasteiger partial charge in [-0.1, -0.05) is 45.8 Å². The Balaban J connectivity index is 1.66. The van der Waals surface area contributed by atoms with Crippen LogP contribution in [-0.2, 0) is 28.5 Å². The van der Waals surface area contributed by atoms with Crippen LogP contribution in [0.3, 0.4) is 0 Å². The van der Waals surface area contributed by atoms with E-state index in [0.29, 0.717) is 32.1 Å². The Kier molecular flexibility index (Phi) is 8.77. The molecule has 0 radical (unpaired) electrons. The van der Waals surface area contributed by atoms with Crippen molar-refractivity contribution in [3.63, 3.8) is 0 Å². The topological polar surface area (TPSA) is 125 Å². The molecule has 40 heavy (non-hydrogen) atoms. The van der Waals surface area contributed by atoms with Crippen molar-refractivity contribution >= 4 is 35.5 Å². The highest BCUT2D eigenvalue weighted by molar-refractivity contribution is 6.26. The summed E-state index contributed by atoms with van der Waals surface area (Å²) in [6.07, 6.45) is 5.93. The molecular formula is C30H41ClO9. The van der Waals surface area contributed by atoms with Crippen LogP contribution in [0.5, 0.6) is 0 Å². The second-order valence-corrected chi connectivity index (χ2v) is 12.6. The second-order valence-electron chi connectivity index (χ2n) is 12.0. The molecule has 0 aromatic heterocycles. The average Bonchev–Trinajstić information content (AvgIpc) is 3.19. The number of halogens is 1. The quantitative estimate of drug-likeness (QED) is 0.215. The minimum absolute atomic E-state index is 0.0655. The first kappa shape index (κ1) is 30.6. The SMILES string of the molecule is CCCCOC(=O)OCC(=O)[C@@]1(OC(=O)OCCC)CC[C@H]2[C@@H]3CCC4=CC(=O)C=C[C@]4(C)[C@@]3(Cl)C(O)C[C@@]21C. The molecule has 0 aromatic rings. The van der Waals surface area contributed by atoms with Gasteiger partial charge in [-0.15, -0.1) is 11.6 Å². The molecule has 9 nitrogen and oxygen atoms in total. The summed E-state index contributed by atoms with van der Waals surface area (Å²) in [5, 5.41) is 11.8. The molecule has 4 aliphatic carbocycles. The Bertz CT molecular complexity index is 1100. The monoisotopic (exact) mass is 580 g/mol. The van der Waals surface area contributed by atoms with E-state index in [9.17, 15) is 24.3 Å². The number of rotatable bonds is 9. The lowest BCUT2D eigenvalue weighted by Crippen LogP contribution is -2.69. The number of aliphatic hydroxyl groups is 1. The van der Waals surface area contributed by atoms with Crippen LogP contribution in [0, 0.1) is 22.7 Å². The van der Waals surface area contributed by atoms with Gasteiger partial charge in [0, 0.05) is 10.8 Å². The number of hydrogen-bond donors (Lipinski definition) is 1.